The smallest absolute Gasteiger partial charge is 0.129 e. The number of hydrogen-bond acceptors (Lipinski definition) is 3. The maximum Gasteiger partial charge on any atom is 0.129 e. The molecule has 0 bridgehead atoms. The van der Waals surface area contributed by atoms with Crippen LogP contribution in [-0.2, 0) is 11.3 Å². The first kappa shape index (κ1) is 17.8. The molecule has 0 aliphatic heterocycles. The maximum atomic E-state index is 9.77. The summed E-state index contributed by atoms with van der Waals surface area (Å²) in [6, 6.07) is 7.84. The van der Waals surface area contributed by atoms with Gasteiger partial charge in [0.15, 0.2) is 0 Å². The molecule has 0 saturated heterocycles. The van der Waals surface area contributed by atoms with E-state index < -0.39 is 14.2 Å². The van der Waals surface area contributed by atoms with E-state index >= 15 is 0 Å². The summed E-state index contributed by atoms with van der Waals surface area (Å²) in [7, 11) is 0.266. The second-order valence-corrected chi connectivity index (χ2v) is 10.8. The van der Waals surface area contributed by atoms with E-state index in [1.807, 2.05) is 24.3 Å². The highest BCUT2D eigenvalue weighted by Crippen LogP contribution is 2.12. The molecule has 21 heavy (non-hydrogen) atoms. The van der Waals surface area contributed by atoms with Gasteiger partial charge in [0, 0.05) is 6.61 Å². The summed E-state index contributed by atoms with van der Waals surface area (Å²) in [4.78, 5) is 0. The maximum absolute atomic E-state index is 9.77. The van der Waals surface area contributed by atoms with Gasteiger partial charge in [0.2, 0.25) is 0 Å². The van der Waals surface area contributed by atoms with Crippen LogP contribution in [0.25, 0.3) is 0 Å². The van der Waals surface area contributed by atoms with Gasteiger partial charge in [-0.3, -0.25) is 0 Å². The number of methoxy groups -OCH3 is 1. The van der Waals surface area contributed by atoms with Gasteiger partial charge in [0.05, 0.1) is 13.7 Å². The zero-order valence-corrected chi connectivity index (χ0v) is 14.5. The van der Waals surface area contributed by atoms with Crippen molar-refractivity contribution in [3.63, 3.8) is 0 Å². The van der Waals surface area contributed by atoms with Crippen molar-refractivity contribution >= 4 is 8.07 Å². The van der Waals surface area contributed by atoms with Crippen LogP contribution in [-0.4, -0.2) is 33.0 Å². The predicted molar refractivity (Wildman–Crippen MR) is 89.0 cm³/mol. The van der Waals surface area contributed by atoms with Gasteiger partial charge < -0.3 is 14.6 Å². The molecule has 0 spiro atoms. The van der Waals surface area contributed by atoms with Crippen LogP contribution in [0.15, 0.2) is 24.3 Å². The van der Waals surface area contributed by atoms with Crippen LogP contribution in [0.2, 0.25) is 19.6 Å². The van der Waals surface area contributed by atoms with E-state index in [4.69, 9.17) is 9.47 Å². The van der Waals surface area contributed by atoms with E-state index in [1.54, 1.807) is 7.11 Å². The van der Waals surface area contributed by atoms with Crippen molar-refractivity contribution in [1.82, 2.24) is 0 Å². The first-order valence-corrected chi connectivity index (χ1v) is 10.8. The fraction of sp³-hybridized carbons (Fsp3) is 0.529. The molecule has 0 heterocycles. The SMILES string of the molecule is COc1ccc(COCCC[C@H](O)C#C[Si](C)(C)C)cc1. The molecular weight excluding hydrogens is 280 g/mol. The highest BCUT2D eigenvalue weighted by atomic mass is 28.3. The average Bonchev–Trinajstić information content (AvgIpc) is 2.44. The van der Waals surface area contributed by atoms with Gasteiger partial charge in [-0.05, 0) is 30.5 Å². The summed E-state index contributed by atoms with van der Waals surface area (Å²) in [5.74, 6) is 3.79. The van der Waals surface area contributed by atoms with Gasteiger partial charge in [0.25, 0.3) is 0 Å². The van der Waals surface area contributed by atoms with Crippen molar-refractivity contribution in [2.45, 2.75) is 45.2 Å². The Morgan fingerprint density at radius 1 is 1.19 bits per heavy atom. The Bertz CT molecular complexity index is 466. The highest BCUT2D eigenvalue weighted by molar-refractivity contribution is 6.83. The molecule has 1 aromatic carbocycles. The molecule has 1 atom stereocenters. The molecule has 0 aliphatic rings. The van der Waals surface area contributed by atoms with Gasteiger partial charge >= 0.3 is 0 Å². The molecule has 0 radical (unpaired) electrons. The molecule has 0 unspecified atom stereocenters. The molecular formula is C17H26O3Si. The van der Waals surface area contributed by atoms with Crippen LogP contribution in [0.1, 0.15) is 18.4 Å². The molecule has 0 fully saturated rings. The normalized spacial score (nSPS) is 12.4. The molecule has 1 aromatic rings. The van der Waals surface area contributed by atoms with Crippen LogP contribution in [0, 0.1) is 11.5 Å². The highest BCUT2D eigenvalue weighted by Gasteiger charge is 2.08. The minimum absolute atomic E-state index is 0.527. The van der Waals surface area contributed by atoms with Crippen LogP contribution in [0.5, 0.6) is 5.75 Å². The van der Waals surface area contributed by atoms with Crippen LogP contribution in [0.3, 0.4) is 0 Å². The van der Waals surface area contributed by atoms with Gasteiger partial charge in [-0.15, -0.1) is 5.54 Å². The third-order valence-corrected chi connectivity index (χ3v) is 3.70. The lowest BCUT2D eigenvalue weighted by Crippen LogP contribution is -2.18. The minimum atomic E-state index is -1.39. The number of aliphatic hydroxyl groups excluding tert-OH is 1. The summed E-state index contributed by atoms with van der Waals surface area (Å²) in [6.07, 6.45) is 0.957. The summed E-state index contributed by atoms with van der Waals surface area (Å²) in [6.45, 7) is 7.73. The Balaban J connectivity index is 2.17. The van der Waals surface area contributed by atoms with Gasteiger partial charge in [0.1, 0.15) is 19.9 Å². The van der Waals surface area contributed by atoms with Gasteiger partial charge in [-0.25, -0.2) is 0 Å². The van der Waals surface area contributed by atoms with Crippen LogP contribution in [0.4, 0.5) is 0 Å². The van der Waals surface area contributed by atoms with Crippen molar-refractivity contribution < 1.29 is 14.6 Å². The number of ether oxygens (including phenoxy) is 2. The Kier molecular flexibility index (Phi) is 7.52. The summed E-state index contributed by atoms with van der Waals surface area (Å²) in [5.41, 5.74) is 4.31. The van der Waals surface area contributed by atoms with E-state index in [2.05, 4.69) is 31.1 Å². The molecule has 0 aliphatic carbocycles. The molecule has 0 aromatic heterocycles. The molecule has 0 saturated carbocycles. The number of rotatable bonds is 7. The first-order valence-electron chi connectivity index (χ1n) is 7.32. The van der Waals surface area contributed by atoms with Crippen LogP contribution < -0.4 is 4.74 Å². The van der Waals surface area contributed by atoms with E-state index in [9.17, 15) is 5.11 Å². The van der Waals surface area contributed by atoms with Crippen molar-refractivity contribution in [1.29, 1.82) is 0 Å². The molecule has 3 nitrogen and oxygen atoms in total. The third kappa shape index (κ3) is 8.56. The van der Waals surface area contributed by atoms with E-state index in [-0.39, 0.29) is 0 Å². The average molecular weight is 306 g/mol. The van der Waals surface area contributed by atoms with Crippen molar-refractivity contribution in [3.05, 3.63) is 29.8 Å². The summed E-state index contributed by atoms with van der Waals surface area (Å²) >= 11 is 0. The third-order valence-electron chi connectivity index (χ3n) is 2.81. The Hall–Kier alpha value is -1.28. The minimum Gasteiger partial charge on any atom is -0.497 e. The quantitative estimate of drug-likeness (QED) is 0.477. The Morgan fingerprint density at radius 2 is 1.86 bits per heavy atom. The summed E-state index contributed by atoms with van der Waals surface area (Å²) in [5, 5.41) is 9.77. The Morgan fingerprint density at radius 3 is 2.43 bits per heavy atom. The zero-order valence-electron chi connectivity index (χ0n) is 13.5. The van der Waals surface area contributed by atoms with E-state index in [0.29, 0.717) is 19.6 Å². The monoisotopic (exact) mass is 306 g/mol. The second-order valence-electron chi connectivity index (χ2n) is 6.08. The standard InChI is InChI=1S/C17H26O3Si/c1-19-17-9-7-15(8-10-17)14-20-12-5-6-16(18)11-13-21(2,3)4/h7-10,16,18H,5-6,12,14H2,1-4H3/t16-/m0/s1. The number of aliphatic hydroxyl groups is 1. The molecule has 116 valence electrons. The van der Waals surface area contributed by atoms with Crippen molar-refractivity contribution in [3.8, 4) is 17.2 Å². The van der Waals surface area contributed by atoms with E-state index in [1.165, 1.54) is 0 Å². The zero-order chi connectivity index (χ0) is 15.7. The van der Waals surface area contributed by atoms with E-state index in [0.717, 1.165) is 17.7 Å². The fourth-order valence-electron chi connectivity index (χ4n) is 1.66. The van der Waals surface area contributed by atoms with Gasteiger partial charge in [-0.1, -0.05) is 37.7 Å². The topological polar surface area (TPSA) is 38.7 Å². The first-order chi connectivity index (χ1) is 9.90. The molecule has 1 rings (SSSR count). The van der Waals surface area contributed by atoms with Gasteiger partial charge in [-0.2, -0.15) is 0 Å². The van der Waals surface area contributed by atoms with Crippen LogP contribution >= 0.6 is 0 Å². The Labute approximate surface area is 129 Å². The lowest BCUT2D eigenvalue weighted by Gasteiger charge is -2.08. The molecule has 4 heteroatoms. The summed E-state index contributed by atoms with van der Waals surface area (Å²) < 4.78 is 10.7. The largest absolute Gasteiger partial charge is 0.497 e. The number of benzene rings is 1. The lowest BCUT2D eigenvalue weighted by molar-refractivity contribution is 0.107. The lowest BCUT2D eigenvalue weighted by atomic mass is 10.2. The molecule has 1 N–H and O–H groups in total. The fourth-order valence-corrected chi connectivity index (χ4v) is 2.26. The van der Waals surface area contributed by atoms with Crippen molar-refractivity contribution in [2.75, 3.05) is 13.7 Å². The van der Waals surface area contributed by atoms with Crippen molar-refractivity contribution in [2.24, 2.45) is 0 Å². The number of hydrogen-bond donors (Lipinski definition) is 1. The second kappa shape index (κ2) is 8.88. The predicted octanol–water partition coefficient (Wildman–Crippen LogP) is 3.23. The molecule has 0 amide bonds.